The molecular weight excluding hydrogens is 377 g/mol. The molecular formula is C17H15ClFN5OS. The quantitative estimate of drug-likeness (QED) is 0.513. The molecule has 3 rings (SSSR count). The van der Waals surface area contributed by atoms with E-state index in [0.29, 0.717) is 27.3 Å². The Kier molecular flexibility index (Phi) is 5.43. The number of thioether (sulfide) groups is 1. The number of anilines is 1. The van der Waals surface area contributed by atoms with Gasteiger partial charge in [0.25, 0.3) is 0 Å². The molecule has 0 unspecified atom stereocenters. The monoisotopic (exact) mass is 391 g/mol. The average molecular weight is 392 g/mol. The summed E-state index contributed by atoms with van der Waals surface area (Å²) in [5.74, 6) is 5.78. The van der Waals surface area contributed by atoms with E-state index >= 15 is 0 Å². The third-order valence-corrected chi connectivity index (χ3v) is 4.72. The number of aryl methyl sites for hydroxylation is 1. The highest BCUT2D eigenvalue weighted by Gasteiger charge is 2.14. The van der Waals surface area contributed by atoms with Crippen molar-refractivity contribution in [3.63, 3.8) is 0 Å². The van der Waals surface area contributed by atoms with Crippen LogP contribution in [0, 0.1) is 12.7 Å². The predicted octanol–water partition coefficient (Wildman–Crippen LogP) is 3.49. The number of hydrogen-bond donors (Lipinski definition) is 2. The van der Waals surface area contributed by atoms with E-state index in [1.807, 2.05) is 6.92 Å². The van der Waals surface area contributed by atoms with Gasteiger partial charge < -0.3 is 11.2 Å². The second-order valence-electron chi connectivity index (χ2n) is 5.48. The minimum atomic E-state index is -0.391. The highest BCUT2D eigenvalue weighted by atomic mass is 35.5. The van der Waals surface area contributed by atoms with Crippen molar-refractivity contribution in [1.29, 1.82) is 0 Å². The maximum absolute atomic E-state index is 13.3. The van der Waals surface area contributed by atoms with Gasteiger partial charge >= 0.3 is 0 Å². The molecule has 2 aromatic carbocycles. The van der Waals surface area contributed by atoms with Crippen molar-refractivity contribution >= 4 is 35.0 Å². The topological polar surface area (TPSA) is 85.8 Å². The Morgan fingerprint density at radius 2 is 2.12 bits per heavy atom. The molecule has 0 fully saturated rings. The lowest BCUT2D eigenvalue weighted by molar-refractivity contribution is -0.113. The molecule has 0 bridgehead atoms. The van der Waals surface area contributed by atoms with Crippen LogP contribution in [-0.2, 0) is 4.79 Å². The van der Waals surface area contributed by atoms with Gasteiger partial charge in [0.15, 0.2) is 5.82 Å². The lowest BCUT2D eigenvalue weighted by Gasteiger charge is -2.08. The van der Waals surface area contributed by atoms with E-state index in [-0.39, 0.29) is 11.7 Å². The van der Waals surface area contributed by atoms with Crippen LogP contribution in [0.25, 0.3) is 11.4 Å². The summed E-state index contributed by atoms with van der Waals surface area (Å²) >= 11 is 7.04. The zero-order chi connectivity index (χ0) is 18.7. The molecule has 9 heteroatoms. The van der Waals surface area contributed by atoms with Gasteiger partial charge in [0.05, 0.1) is 5.75 Å². The Morgan fingerprint density at radius 3 is 2.85 bits per heavy atom. The van der Waals surface area contributed by atoms with E-state index in [2.05, 4.69) is 15.5 Å². The van der Waals surface area contributed by atoms with E-state index < -0.39 is 5.82 Å². The van der Waals surface area contributed by atoms with Gasteiger partial charge in [0.1, 0.15) is 5.82 Å². The second kappa shape index (κ2) is 7.76. The lowest BCUT2D eigenvalue weighted by Crippen LogP contribution is -2.17. The summed E-state index contributed by atoms with van der Waals surface area (Å²) in [5.41, 5.74) is 2.06. The Bertz CT molecular complexity index is 962. The van der Waals surface area contributed by atoms with Crippen molar-refractivity contribution in [3.05, 3.63) is 58.9 Å². The number of rotatable bonds is 5. The fourth-order valence-electron chi connectivity index (χ4n) is 2.28. The molecule has 0 aliphatic heterocycles. The largest absolute Gasteiger partial charge is 0.335 e. The van der Waals surface area contributed by atoms with Crippen LogP contribution in [0.2, 0.25) is 5.02 Å². The van der Waals surface area contributed by atoms with Crippen molar-refractivity contribution in [2.24, 2.45) is 0 Å². The van der Waals surface area contributed by atoms with Crippen molar-refractivity contribution in [3.8, 4) is 11.4 Å². The molecule has 6 nitrogen and oxygen atoms in total. The molecule has 1 amide bonds. The summed E-state index contributed by atoms with van der Waals surface area (Å²) in [5, 5.41) is 11.7. The number of nitrogen functional groups attached to an aromatic ring is 1. The lowest BCUT2D eigenvalue weighted by atomic mass is 10.2. The van der Waals surface area contributed by atoms with Crippen molar-refractivity contribution in [1.82, 2.24) is 14.9 Å². The molecule has 0 aliphatic carbocycles. The summed E-state index contributed by atoms with van der Waals surface area (Å²) in [6, 6.07) is 11.1. The van der Waals surface area contributed by atoms with Crippen LogP contribution < -0.4 is 11.2 Å². The fraction of sp³-hybridized carbons (Fsp3) is 0.118. The number of amides is 1. The summed E-state index contributed by atoms with van der Waals surface area (Å²) in [7, 11) is 0. The summed E-state index contributed by atoms with van der Waals surface area (Å²) in [6.45, 7) is 1.86. The van der Waals surface area contributed by atoms with Gasteiger partial charge in [-0.25, -0.2) is 9.07 Å². The molecule has 0 spiro atoms. The third-order valence-electron chi connectivity index (χ3n) is 3.54. The van der Waals surface area contributed by atoms with Crippen molar-refractivity contribution in [2.45, 2.75) is 12.1 Å². The maximum Gasteiger partial charge on any atom is 0.234 e. The molecule has 0 aliphatic rings. The van der Waals surface area contributed by atoms with E-state index in [4.69, 9.17) is 17.4 Å². The smallest absolute Gasteiger partial charge is 0.234 e. The summed E-state index contributed by atoms with van der Waals surface area (Å²) in [4.78, 5) is 12.1. The van der Waals surface area contributed by atoms with Gasteiger partial charge in [-0.3, -0.25) is 4.79 Å². The first-order chi connectivity index (χ1) is 12.4. The number of carbonyl (C=O) groups excluding carboxylic acids is 1. The average Bonchev–Trinajstić information content (AvgIpc) is 2.96. The van der Waals surface area contributed by atoms with Gasteiger partial charge in [-0.2, -0.15) is 0 Å². The number of carbonyl (C=O) groups is 1. The van der Waals surface area contributed by atoms with Gasteiger partial charge in [0, 0.05) is 16.3 Å². The van der Waals surface area contributed by atoms with Crippen molar-refractivity contribution in [2.75, 3.05) is 16.9 Å². The first-order valence-corrected chi connectivity index (χ1v) is 8.95. The Morgan fingerprint density at radius 1 is 1.31 bits per heavy atom. The molecule has 0 atom stereocenters. The summed E-state index contributed by atoms with van der Waals surface area (Å²) in [6.07, 6.45) is 0. The van der Waals surface area contributed by atoms with Crippen LogP contribution in [-0.4, -0.2) is 26.5 Å². The molecule has 0 radical (unpaired) electrons. The normalized spacial score (nSPS) is 10.7. The number of aromatic nitrogens is 3. The van der Waals surface area contributed by atoms with Crippen LogP contribution in [0.15, 0.2) is 47.6 Å². The Hall–Kier alpha value is -2.58. The first kappa shape index (κ1) is 18.2. The molecule has 3 aromatic rings. The van der Waals surface area contributed by atoms with Crippen LogP contribution in [0.4, 0.5) is 10.1 Å². The zero-order valence-electron chi connectivity index (χ0n) is 13.7. The van der Waals surface area contributed by atoms with Crippen LogP contribution >= 0.6 is 23.4 Å². The summed E-state index contributed by atoms with van der Waals surface area (Å²) < 4.78 is 14.6. The first-order valence-electron chi connectivity index (χ1n) is 7.59. The molecule has 134 valence electrons. The number of nitrogens with two attached hydrogens (primary N) is 1. The van der Waals surface area contributed by atoms with Crippen LogP contribution in [0.5, 0.6) is 0 Å². The van der Waals surface area contributed by atoms with Gasteiger partial charge in [-0.05, 0) is 42.8 Å². The van der Waals surface area contributed by atoms with E-state index in [9.17, 15) is 9.18 Å². The molecule has 3 N–H and O–H groups in total. The van der Waals surface area contributed by atoms with Gasteiger partial charge in [-0.15, -0.1) is 10.2 Å². The molecule has 1 aromatic heterocycles. The van der Waals surface area contributed by atoms with E-state index in [0.717, 1.165) is 17.3 Å². The minimum absolute atomic E-state index is 0.0978. The highest BCUT2D eigenvalue weighted by Crippen LogP contribution is 2.23. The van der Waals surface area contributed by atoms with E-state index in [1.54, 1.807) is 30.3 Å². The number of nitrogens with one attached hydrogen (secondary N) is 1. The van der Waals surface area contributed by atoms with Gasteiger partial charge in [0.2, 0.25) is 11.1 Å². The molecule has 0 saturated carbocycles. The minimum Gasteiger partial charge on any atom is -0.335 e. The number of halogens is 2. The van der Waals surface area contributed by atoms with Crippen molar-refractivity contribution < 1.29 is 9.18 Å². The molecule has 0 saturated heterocycles. The predicted molar refractivity (Wildman–Crippen MR) is 101 cm³/mol. The van der Waals surface area contributed by atoms with Gasteiger partial charge in [-0.1, -0.05) is 35.5 Å². The number of nitrogens with zero attached hydrogens (tertiary/aromatic N) is 3. The third kappa shape index (κ3) is 4.14. The van der Waals surface area contributed by atoms with Crippen LogP contribution in [0.3, 0.4) is 0 Å². The maximum atomic E-state index is 13.3. The molecule has 1 heterocycles. The SMILES string of the molecule is Cc1cc(Cl)ccc1NC(=O)CSc1nnc(-c2cccc(F)c2)n1N. The molecule has 26 heavy (non-hydrogen) atoms. The van der Waals surface area contributed by atoms with Crippen LogP contribution in [0.1, 0.15) is 5.56 Å². The second-order valence-corrected chi connectivity index (χ2v) is 6.86. The Balaban J connectivity index is 1.66. The fourth-order valence-corrected chi connectivity index (χ4v) is 3.17. The zero-order valence-corrected chi connectivity index (χ0v) is 15.3. The van der Waals surface area contributed by atoms with E-state index in [1.165, 1.54) is 16.8 Å². The standard InChI is InChI=1S/C17H15ClFN5OS/c1-10-7-12(18)5-6-14(10)21-15(25)9-26-17-23-22-16(24(17)20)11-3-2-4-13(19)8-11/h2-8H,9,20H2,1H3,(H,21,25). The number of hydrogen-bond acceptors (Lipinski definition) is 5. The Labute approximate surface area is 158 Å². The highest BCUT2D eigenvalue weighted by molar-refractivity contribution is 7.99. The number of benzene rings is 2.